The summed E-state index contributed by atoms with van der Waals surface area (Å²) in [6.07, 6.45) is 1.28. The molecule has 0 bridgehead atoms. The molecule has 21 heavy (non-hydrogen) atoms. The molecule has 1 fully saturated rings. The third-order valence-electron chi connectivity index (χ3n) is 3.80. The molecule has 0 aliphatic carbocycles. The van der Waals surface area contributed by atoms with E-state index < -0.39 is 6.10 Å². The van der Waals surface area contributed by atoms with Crippen LogP contribution in [0.3, 0.4) is 0 Å². The number of rotatable bonds is 4. The van der Waals surface area contributed by atoms with Crippen LogP contribution in [0.4, 0.5) is 4.39 Å². The number of piperidine rings is 1. The highest BCUT2D eigenvalue weighted by Crippen LogP contribution is 2.27. The Balaban J connectivity index is 1.93. The van der Waals surface area contributed by atoms with Crippen molar-refractivity contribution in [2.24, 2.45) is 11.7 Å². The van der Waals surface area contributed by atoms with Crippen LogP contribution in [0.5, 0.6) is 5.75 Å². The van der Waals surface area contributed by atoms with E-state index in [1.54, 1.807) is 6.92 Å². The van der Waals surface area contributed by atoms with Gasteiger partial charge >= 0.3 is 0 Å². The molecule has 1 aliphatic rings. The Labute approximate surface area is 132 Å². The zero-order valence-electron chi connectivity index (χ0n) is 12.0. The molecule has 1 amide bonds. The number of carbonyl (C=O) groups excluding carboxylic acids is 1. The van der Waals surface area contributed by atoms with Gasteiger partial charge < -0.3 is 15.4 Å². The lowest BCUT2D eigenvalue weighted by Gasteiger charge is -2.33. The minimum atomic E-state index is -0.596. The predicted molar refractivity (Wildman–Crippen MR) is 82.5 cm³/mol. The number of hydrogen-bond donors (Lipinski definition) is 1. The van der Waals surface area contributed by atoms with Crippen molar-refractivity contribution in [1.82, 2.24) is 4.90 Å². The van der Waals surface area contributed by atoms with Crippen LogP contribution in [0.1, 0.15) is 19.8 Å². The summed E-state index contributed by atoms with van der Waals surface area (Å²) in [6.45, 7) is 3.84. The van der Waals surface area contributed by atoms with Crippen molar-refractivity contribution in [2.45, 2.75) is 25.9 Å². The Bertz CT molecular complexity index is 504. The summed E-state index contributed by atoms with van der Waals surface area (Å²) in [7, 11) is 0. The Morgan fingerprint density at radius 3 is 2.76 bits per heavy atom. The van der Waals surface area contributed by atoms with Gasteiger partial charge in [-0.3, -0.25) is 4.79 Å². The number of halogens is 2. The minimum absolute atomic E-state index is 0.0401. The van der Waals surface area contributed by atoms with Crippen molar-refractivity contribution >= 4 is 21.8 Å². The lowest BCUT2D eigenvalue weighted by molar-refractivity contribution is -0.139. The average molecular weight is 359 g/mol. The number of likely N-dealkylation sites (tertiary alicyclic amines) is 1. The van der Waals surface area contributed by atoms with Gasteiger partial charge in [0.1, 0.15) is 11.6 Å². The average Bonchev–Trinajstić information content (AvgIpc) is 2.49. The van der Waals surface area contributed by atoms with Gasteiger partial charge in [-0.25, -0.2) is 4.39 Å². The van der Waals surface area contributed by atoms with Crippen LogP contribution >= 0.6 is 15.9 Å². The van der Waals surface area contributed by atoms with Crippen molar-refractivity contribution in [3.8, 4) is 5.75 Å². The second-order valence-electron chi connectivity index (χ2n) is 5.34. The lowest BCUT2D eigenvalue weighted by atomic mass is 9.97. The fourth-order valence-electron chi connectivity index (χ4n) is 2.46. The van der Waals surface area contributed by atoms with Crippen LogP contribution in [0.15, 0.2) is 22.7 Å². The summed E-state index contributed by atoms with van der Waals surface area (Å²) in [5.74, 6) is 0.587. The van der Waals surface area contributed by atoms with E-state index in [1.165, 1.54) is 18.2 Å². The van der Waals surface area contributed by atoms with Crippen molar-refractivity contribution in [2.75, 3.05) is 19.6 Å². The number of nitrogens with zero attached hydrogens (tertiary/aromatic N) is 1. The second kappa shape index (κ2) is 7.22. The summed E-state index contributed by atoms with van der Waals surface area (Å²) in [6, 6.07) is 4.15. The summed E-state index contributed by atoms with van der Waals surface area (Å²) >= 11 is 3.23. The number of nitrogens with two attached hydrogens (primary N) is 1. The van der Waals surface area contributed by atoms with E-state index in [1.807, 2.05) is 4.90 Å². The molecular formula is C15H20BrFN2O2. The second-order valence-corrected chi connectivity index (χ2v) is 6.19. The van der Waals surface area contributed by atoms with Crippen molar-refractivity contribution in [1.29, 1.82) is 0 Å². The smallest absolute Gasteiger partial charge is 0.263 e. The molecule has 4 nitrogen and oxygen atoms in total. The number of amides is 1. The van der Waals surface area contributed by atoms with E-state index >= 15 is 0 Å². The number of carbonyl (C=O) groups is 1. The molecule has 0 aromatic heterocycles. The van der Waals surface area contributed by atoms with Crippen LogP contribution in [-0.2, 0) is 4.79 Å². The van der Waals surface area contributed by atoms with Crippen molar-refractivity contribution < 1.29 is 13.9 Å². The number of ether oxygens (including phenoxy) is 1. The van der Waals surface area contributed by atoms with Crippen molar-refractivity contribution in [3.05, 3.63) is 28.5 Å². The van der Waals surface area contributed by atoms with Crippen LogP contribution in [-0.4, -0.2) is 36.5 Å². The maximum atomic E-state index is 13.0. The molecule has 116 valence electrons. The first-order valence-corrected chi connectivity index (χ1v) is 7.91. The topological polar surface area (TPSA) is 55.6 Å². The zero-order chi connectivity index (χ0) is 15.4. The normalized spacial score (nSPS) is 17.6. The molecule has 1 aromatic carbocycles. The first kappa shape index (κ1) is 16.2. The van der Waals surface area contributed by atoms with E-state index in [4.69, 9.17) is 10.5 Å². The fourth-order valence-corrected chi connectivity index (χ4v) is 2.90. The van der Waals surface area contributed by atoms with Gasteiger partial charge in [-0.05, 0) is 66.4 Å². The Kier molecular flexibility index (Phi) is 5.58. The molecule has 0 unspecified atom stereocenters. The lowest BCUT2D eigenvalue weighted by Crippen LogP contribution is -2.45. The molecule has 2 rings (SSSR count). The van der Waals surface area contributed by atoms with E-state index in [0.717, 1.165) is 25.9 Å². The molecular weight excluding hydrogens is 339 g/mol. The summed E-state index contributed by atoms with van der Waals surface area (Å²) < 4.78 is 19.2. The van der Waals surface area contributed by atoms with Gasteiger partial charge in [0.2, 0.25) is 0 Å². The standard InChI is InChI=1S/C15H20BrFN2O2/c1-10(21-14-3-2-12(17)8-13(14)16)15(20)19-6-4-11(9-18)5-7-19/h2-3,8,10-11H,4-7,9,18H2,1H3/t10-/m1/s1. The SMILES string of the molecule is C[C@@H](Oc1ccc(F)cc1Br)C(=O)N1CCC(CN)CC1. The molecule has 6 heteroatoms. The number of hydrogen-bond acceptors (Lipinski definition) is 3. The monoisotopic (exact) mass is 358 g/mol. The summed E-state index contributed by atoms with van der Waals surface area (Å²) in [5.41, 5.74) is 5.65. The zero-order valence-corrected chi connectivity index (χ0v) is 13.6. The first-order valence-electron chi connectivity index (χ1n) is 7.12. The van der Waals surface area contributed by atoms with E-state index in [2.05, 4.69) is 15.9 Å². The quantitative estimate of drug-likeness (QED) is 0.899. The van der Waals surface area contributed by atoms with Gasteiger partial charge in [-0.15, -0.1) is 0 Å². The van der Waals surface area contributed by atoms with Crippen LogP contribution in [0, 0.1) is 11.7 Å². The fraction of sp³-hybridized carbons (Fsp3) is 0.533. The molecule has 1 aliphatic heterocycles. The van der Waals surface area contributed by atoms with Gasteiger partial charge in [-0.1, -0.05) is 0 Å². The van der Waals surface area contributed by atoms with E-state index in [9.17, 15) is 9.18 Å². The van der Waals surface area contributed by atoms with Gasteiger partial charge in [-0.2, -0.15) is 0 Å². The van der Waals surface area contributed by atoms with E-state index in [-0.39, 0.29) is 11.7 Å². The van der Waals surface area contributed by atoms with Gasteiger partial charge in [0.25, 0.3) is 5.91 Å². The minimum Gasteiger partial charge on any atom is -0.480 e. The largest absolute Gasteiger partial charge is 0.480 e. The molecule has 0 spiro atoms. The van der Waals surface area contributed by atoms with Crippen LogP contribution in [0.2, 0.25) is 0 Å². The maximum absolute atomic E-state index is 13.0. The molecule has 0 saturated carbocycles. The Hall–Kier alpha value is -1.14. The highest BCUT2D eigenvalue weighted by atomic mass is 79.9. The molecule has 2 N–H and O–H groups in total. The predicted octanol–water partition coefficient (Wildman–Crippen LogP) is 2.55. The maximum Gasteiger partial charge on any atom is 0.263 e. The van der Waals surface area contributed by atoms with Gasteiger partial charge in [0, 0.05) is 13.1 Å². The van der Waals surface area contributed by atoms with Gasteiger partial charge in [0.15, 0.2) is 6.10 Å². The van der Waals surface area contributed by atoms with Gasteiger partial charge in [0.05, 0.1) is 4.47 Å². The third-order valence-corrected chi connectivity index (χ3v) is 4.42. The highest BCUT2D eigenvalue weighted by Gasteiger charge is 2.26. The van der Waals surface area contributed by atoms with Crippen LogP contribution in [0.25, 0.3) is 0 Å². The van der Waals surface area contributed by atoms with E-state index in [0.29, 0.717) is 22.7 Å². The van der Waals surface area contributed by atoms with Crippen LogP contribution < -0.4 is 10.5 Å². The summed E-state index contributed by atoms with van der Waals surface area (Å²) in [5, 5.41) is 0. The highest BCUT2D eigenvalue weighted by molar-refractivity contribution is 9.10. The molecule has 1 saturated heterocycles. The molecule has 1 aromatic rings. The third kappa shape index (κ3) is 4.17. The molecule has 0 radical (unpaired) electrons. The van der Waals surface area contributed by atoms with Crippen molar-refractivity contribution in [3.63, 3.8) is 0 Å². The summed E-state index contributed by atoms with van der Waals surface area (Å²) in [4.78, 5) is 14.2. The first-order chi connectivity index (χ1) is 10.0. The molecule has 1 atom stereocenters. The Morgan fingerprint density at radius 1 is 1.52 bits per heavy atom. The number of benzene rings is 1. The Morgan fingerprint density at radius 2 is 2.19 bits per heavy atom. The molecule has 1 heterocycles.